The van der Waals surface area contributed by atoms with Crippen LogP contribution in [0.25, 0.3) is 11.1 Å². The summed E-state index contributed by atoms with van der Waals surface area (Å²) in [6.45, 7) is 4.26. The summed E-state index contributed by atoms with van der Waals surface area (Å²) in [5.41, 5.74) is 4.14. The van der Waals surface area contributed by atoms with Crippen LogP contribution >= 0.6 is 0 Å². The van der Waals surface area contributed by atoms with Crippen molar-refractivity contribution >= 4 is 18.0 Å². The first-order chi connectivity index (χ1) is 16.7. The molecule has 2 amide bonds. The van der Waals surface area contributed by atoms with Gasteiger partial charge in [-0.15, -0.1) is 0 Å². The number of nitrogens with zero attached hydrogens (tertiary/aromatic N) is 1. The molecule has 2 aromatic carbocycles. The summed E-state index contributed by atoms with van der Waals surface area (Å²) < 4.78 is 5.52. The predicted molar refractivity (Wildman–Crippen MR) is 130 cm³/mol. The van der Waals surface area contributed by atoms with Crippen molar-refractivity contribution in [1.82, 2.24) is 10.2 Å². The highest BCUT2D eigenvalue weighted by Gasteiger charge is 2.39. The van der Waals surface area contributed by atoms with Crippen LogP contribution in [0.4, 0.5) is 4.79 Å². The second-order valence-electron chi connectivity index (χ2n) is 10.1. The van der Waals surface area contributed by atoms with E-state index in [0.717, 1.165) is 28.7 Å². The molecule has 0 saturated carbocycles. The van der Waals surface area contributed by atoms with Gasteiger partial charge in [-0.05, 0) is 40.5 Å². The molecule has 2 aromatic rings. The molecule has 186 valence electrons. The lowest BCUT2D eigenvalue weighted by atomic mass is 9.81. The molecule has 35 heavy (non-hydrogen) atoms. The standard InChI is InChI=1S/C27H32N2O6/c1-27(2)12-11-17(14-30)29(16-27)25(33)23(13-24(31)32)28-26(34)35-15-22-20-9-5-3-7-18(20)19-8-4-6-10-21(19)22/h3-10,17,22-23,30H,11-16H2,1-2H3,(H,28,34)(H,31,32). The van der Waals surface area contributed by atoms with Crippen LogP contribution < -0.4 is 5.32 Å². The normalized spacial score (nSPS) is 19.4. The molecule has 4 rings (SSSR count). The maximum absolute atomic E-state index is 13.3. The number of amides is 2. The van der Waals surface area contributed by atoms with Crippen LogP contribution in [-0.2, 0) is 14.3 Å². The monoisotopic (exact) mass is 480 g/mol. The number of likely N-dealkylation sites (tertiary alicyclic amines) is 1. The SMILES string of the molecule is CC1(C)CCC(CO)N(C(=O)C(CC(=O)O)NC(=O)OCC2c3ccccc3-c3ccccc32)C1. The summed E-state index contributed by atoms with van der Waals surface area (Å²) in [5.74, 6) is -1.88. The van der Waals surface area contributed by atoms with Crippen molar-refractivity contribution in [2.75, 3.05) is 19.8 Å². The Balaban J connectivity index is 1.46. The summed E-state index contributed by atoms with van der Waals surface area (Å²) >= 11 is 0. The minimum Gasteiger partial charge on any atom is -0.481 e. The number of carbonyl (C=O) groups is 3. The number of carboxylic acids is 1. The molecule has 2 aliphatic rings. The summed E-state index contributed by atoms with van der Waals surface area (Å²) in [6, 6.07) is 14.2. The van der Waals surface area contributed by atoms with Crippen LogP contribution in [0.2, 0.25) is 0 Å². The Kier molecular flexibility index (Phi) is 7.12. The molecule has 2 atom stereocenters. The van der Waals surface area contributed by atoms with Crippen molar-refractivity contribution in [3.63, 3.8) is 0 Å². The first kappa shape index (κ1) is 24.7. The van der Waals surface area contributed by atoms with Gasteiger partial charge in [-0.3, -0.25) is 9.59 Å². The molecule has 0 spiro atoms. The van der Waals surface area contributed by atoms with E-state index in [4.69, 9.17) is 4.74 Å². The lowest BCUT2D eigenvalue weighted by Gasteiger charge is -2.44. The van der Waals surface area contributed by atoms with Gasteiger partial charge in [0, 0.05) is 12.5 Å². The van der Waals surface area contributed by atoms with E-state index >= 15 is 0 Å². The molecular weight excluding hydrogens is 448 g/mol. The van der Waals surface area contributed by atoms with Crippen LogP contribution in [0.5, 0.6) is 0 Å². The van der Waals surface area contributed by atoms with Crippen LogP contribution in [0.3, 0.4) is 0 Å². The zero-order valence-electron chi connectivity index (χ0n) is 20.1. The number of nitrogens with one attached hydrogen (secondary N) is 1. The number of rotatable bonds is 7. The third-order valence-electron chi connectivity index (χ3n) is 7.00. The van der Waals surface area contributed by atoms with Gasteiger partial charge in [0.2, 0.25) is 5.91 Å². The molecule has 1 saturated heterocycles. The number of aliphatic carboxylic acids is 1. The topological polar surface area (TPSA) is 116 Å². The first-order valence-corrected chi connectivity index (χ1v) is 11.9. The van der Waals surface area contributed by atoms with E-state index in [1.165, 1.54) is 4.90 Å². The maximum atomic E-state index is 13.3. The van der Waals surface area contributed by atoms with Gasteiger partial charge in [0.05, 0.1) is 19.1 Å². The van der Waals surface area contributed by atoms with Crippen molar-refractivity contribution in [3.8, 4) is 11.1 Å². The largest absolute Gasteiger partial charge is 0.481 e. The number of aliphatic hydroxyl groups is 1. The van der Waals surface area contributed by atoms with Crippen LogP contribution in [-0.4, -0.2) is 64.9 Å². The Morgan fingerprint density at radius 3 is 2.26 bits per heavy atom. The molecule has 8 nitrogen and oxygen atoms in total. The van der Waals surface area contributed by atoms with E-state index in [9.17, 15) is 24.6 Å². The molecule has 1 aliphatic heterocycles. The minimum absolute atomic E-state index is 0.0594. The van der Waals surface area contributed by atoms with Gasteiger partial charge >= 0.3 is 12.1 Å². The Bertz CT molecular complexity index is 1070. The van der Waals surface area contributed by atoms with E-state index in [1.54, 1.807) is 0 Å². The van der Waals surface area contributed by atoms with Gasteiger partial charge in [-0.2, -0.15) is 0 Å². The van der Waals surface area contributed by atoms with Crippen molar-refractivity contribution in [2.24, 2.45) is 5.41 Å². The Hall–Kier alpha value is -3.39. The molecule has 2 unspecified atom stereocenters. The van der Waals surface area contributed by atoms with Gasteiger partial charge in [-0.1, -0.05) is 62.4 Å². The summed E-state index contributed by atoms with van der Waals surface area (Å²) in [5, 5.41) is 21.6. The van der Waals surface area contributed by atoms with Crippen molar-refractivity contribution in [1.29, 1.82) is 0 Å². The van der Waals surface area contributed by atoms with Crippen molar-refractivity contribution in [3.05, 3.63) is 59.7 Å². The molecule has 1 fully saturated rings. The number of carbonyl (C=O) groups excluding carboxylic acids is 2. The van der Waals surface area contributed by atoms with Gasteiger partial charge in [0.15, 0.2) is 0 Å². The number of carboxylic acid groups (broad SMARTS) is 1. The maximum Gasteiger partial charge on any atom is 0.407 e. The second-order valence-corrected chi connectivity index (χ2v) is 10.1. The number of fused-ring (bicyclic) bond motifs is 3. The van der Waals surface area contributed by atoms with Crippen molar-refractivity contribution in [2.45, 2.75) is 51.1 Å². The third kappa shape index (κ3) is 5.32. The van der Waals surface area contributed by atoms with Crippen LogP contribution in [0, 0.1) is 5.41 Å². The fourth-order valence-corrected chi connectivity index (χ4v) is 5.19. The molecular formula is C27H32N2O6. The quantitative estimate of drug-likeness (QED) is 0.560. The number of benzene rings is 2. The molecule has 0 aromatic heterocycles. The zero-order chi connectivity index (χ0) is 25.2. The Labute approximate surface area is 204 Å². The number of aliphatic hydroxyl groups excluding tert-OH is 1. The van der Waals surface area contributed by atoms with Crippen LogP contribution in [0.1, 0.15) is 50.2 Å². The molecule has 1 aliphatic carbocycles. The van der Waals surface area contributed by atoms with Gasteiger partial charge < -0.3 is 25.2 Å². The number of alkyl carbamates (subject to hydrolysis) is 1. The third-order valence-corrected chi connectivity index (χ3v) is 7.00. The van der Waals surface area contributed by atoms with Crippen molar-refractivity contribution < 1.29 is 29.3 Å². The molecule has 8 heteroatoms. The summed E-state index contributed by atoms with van der Waals surface area (Å²) in [4.78, 5) is 39.0. The fourth-order valence-electron chi connectivity index (χ4n) is 5.19. The highest BCUT2D eigenvalue weighted by Crippen LogP contribution is 2.44. The van der Waals surface area contributed by atoms with E-state index in [-0.39, 0.29) is 24.5 Å². The minimum atomic E-state index is -1.29. The predicted octanol–water partition coefficient (Wildman–Crippen LogP) is 3.38. The second kappa shape index (κ2) is 10.1. The number of ether oxygens (including phenoxy) is 1. The first-order valence-electron chi connectivity index (χ1n) is 11.9. The Morgan fingerprint density at radius 2 is 1.69 bits per heavy atom. The highest BCUT2D eigenvalue weighted by molar-refractivity contribution is 5.89. The number of hydrogen-bond donors (Lipinski definition) is 3. The lowest BCUT2D eigenvalue weighted by molar-refractivity contribution is -0.146. The van der Waals surface area contributed by atoms with E-state index < -0.39 is 36.5 Å². The van der Waals surface area contributed by atoms with Gasteiger partial charge in [-0.25, -0.2) is 4.79 Å². The average Bonchev–Trinajstić information content (AvgIpc) is 3.15. The zero-order valence-corrected chi connectivity index (χ0v) is 20.1. The molecule has 3 N–H and O–H groups in total. The fraction of sp³-hybridized carbons (Fsp3) is 0.444. The smallest absolute Gasteiger partial charge is 0.407 e. The van der Waals surface area contributed by atoms with Gasteiger partial charge in [0.25, 0.3) is 0 Å². The summed E-state index contributed by atoms with van der Waals surface area (Å²) in [6.07, 6.45) is 0.0343. The molecule has 0 bridgehead atoms. The average molecular weight is 481 g/mol. The van der Waals surface area contributed by atoms with E-state index in [0.29, 0.717) is 13.0 Å². The van der Waals surface area contributed by atoms with Gasteiger partial charge in [0.1, 0.15) is 12.6 Å². The van der Waals surface area contributed by atoms with E-state index in [1.807, 2.05) is 62.4 Å². The lowest BCUT2D eigenvalue weighted by Crippen LogP contribution is -2.57. The van der Waals surface area contributed by atoms with E-state index in [2.05, 4.69) is 5.32 Å². The highest BCUT2D eigenvalue weighted by atomic mass is 16.5. The molecule has 1 heterocycles. The van der Waals surface area contributed by atoms with Crippen LogP contribution in [0.15, 0.2) is 48.5 Å². The molecule has 0 radical (unpaired) electrons. The number of piperidine rings is 1. The number of hydrogen-bond acceptors (Lipinski definition) is 5. The Morgan fingerprint density at radius 1 is 1.09 bits per heavy atom. The summed E-state index contributed by atoms with van der Waals surface area (Å²) in [7, 11) is 0.